The number of hydrogen-bond donors (Lipinski definition) is 2. The zero-order valence-corrected chi connectivity index (χ0v) is 10.9. The molecule has 0 aromatic carbocycles. The molecule has 0 fully saturated rings. The topological polar surface area (TPSA) is 71.8 Å². The summed E-state index contributed by atoms with van der Waals surface area (Å²) in [6, 6.07) is -0.317. The molecule has 6 nitrogen and oxygen atoms in total. The SMILES string of the molecule is CC(C)CCNC(=O)N[C@@H](C)c1nncn1C. The van der Waals surface area contributed by atoms with Crippen molar-refractivity contribution in [2.45, 2.75) is 33.2 Å². The number of aromatic nitrogens is 3. The van der Waals surface area contributed by atoms with Gasteiger partial charge in [-0.25, -0.2) is 4.79 Å². The zero-order chi connectivity index (χ0) is 12.8. The highest BCUT2D eigenvalue weighted by molar-refractivity contribution is 5.74. The number of carbonyl (C=O) groups excluding carboxylic acids is 1. The van der Waals surface area contributed by atoms with Crippen LogP contribution in [0.25, 0.3) is 0 Å². The lowest BCUT2D eigenvalue weighted by molar-refractivity contribution is 0.236. The summed E-state index contributed by atoms with van der Waals surface area (Å²) in [4.78, 5) is 11.6. The van der Waals surface area contributed by atoms with Gasteiger partial charge in [0, 0.05) is 13.6 Å². The Morgan fingerprint density at radius 3 is 2.71 bits per heavy atom. The Morgan fingerprint density at radius 1 is 1.47 bits per heavy atom. The highest BCUT2D eigenvalue weighted by atomic mass is 16.2. The van der Waals surface area contributed by atoms with Gasteiger partial charge in [-0.05, 0) is 19.3 Å². The summed E-state index contributed by atoms with van der Waals surface area (Å²) in [6.45, 7) is 6.82. The van der Waals surface area contributed by atoms with Gasteiger partial charge in [-0.1, -0.05) is 13.8 Å². The Bertz CT molecular complexity index is 360. The van der Waals surface area contributed by atoms with Crippen LogP contribution in [0.5, 0.6) is 0 Å². The fraction of sp³-hybridized carbons (Fsp3) is 0.727. The highest BCUT2D eigenvalue weighted by Gasteiger charge is 2.13. The first kappa shape index (κ1) is 13.5. The van der Waals surface area contributed by atoms with Crippen molar-refractivity contribution >= 4 is 6.03 Å². The van der Waals surface area contributed by atoms with Crippen LogP contribution in [-0.2, 0) is 7.05 Å². The van der Waals surface area contributed by atoms with E-state index >= 15 is 0 Å². The van der Waals surface area contributed by atoms with Crippen molar-refractivity contribution in [3.63, 3.8) is 0 Å². The number of nitrogens with one attached hydrogen (secondary N) is 2. The number of nitrogens with zero attached hydrogens (tertiary/aromatic N) is 3. The van der Waals surface area contributed by atoms with Crippen LogP contribution in [0.3, 0.4) is 0 Å². The molecule has 0 saturated heterocycles. The monoisotopic (exact) mass is 239 g/mol. The maximum absolute atomic E-state index is 11.6. The first-order chi connectivity index (χ1) is 8.00. The molecule has 0 aliphatic rings. The second-order valence-corrected chi connectivity index (χ2v) is 4.60. The van der Waals surface area contributed by atoms with E-state index in [4.69, 9.17) is 0 Å². The molecular formula is C11H21N5O. The molecule has 0 bridgehead atoms. The molecule has 1 aromatic rings. The number of amides is 2. The largest absolute Gasteiger partial charge is 0.338 e. The summed E-state index contributed by atoms with van der Waals surface area (Å²) in [5.74, 6) is 1.33. The molecule has 2 amide bonds. The van der Waals surface area contributed by atoms with E-state index < -0.39 is 0 Å². The fourth-order valence-corrected chi connectivity index (χ4v) is 1.47. The van der Waals surface area contributed by atoms with Crippen LogP contribution in [-0.4, -0.2) is 27.3 Å². The van der Waals surface area contributed by atoms with E-state index in [1.807, 2.05) is 14.0 Å². The standard InChI is InChI=1S/C11H21N5O/c1-8(2)5-6-12-11(17)14-9(3)10-15-13-7-16(10)4/h7-9H,5-6H2,1-4H3,(H2,12,14,17)/t9-/m0/s1. The van der Waals surface area contributed by atoms with Crippen LogP contribution >= 0.6 is 0 Å². The molecule has 0 aliphatic carbocycles. The van der Waals surface area contributed by atoms with Gasteiger partial charge in [0.2, 0.25) is 0 Å². The molecule has 1 rings (SSSR count). The van der Waals surface area contributed by atoms with Gasteiger partial charge >= 0.3 is 6.03 Å². The quantitative estimate of drug-likeness (QED) is 0.811. The highest BCUT2D eigenvalue weighted by Crippen LogP contribution is 2.06. The van der Waals surface area contributed by atoms with Crippen molar-refractivity contribution < 1.29 is 4.79 Å². The minimum atomic E-state index is -0.166. The predicted octanol–water partition coefficient (Wildman–Crippen LogP) is 1.22. The number of aryl methyl sites for hydroxylation is 1. The van der Waals surface area contributed by atoms with Gasteiger partial charge in [-0.3, -0.25) is 0 Å². The van der Waals surface area contributed by atoms with Crippen LogP contribution < -0.4 is 10.6 Å². The summed E-state index contributed by atoms with van der Waals surface area (Å²) in [5, 5.41) is 13.4. The van der Waals surface area contributed by atoms with Gasteiger partial charge in [-0.2, -0.15) is 0 Å². The number of carbonyl (C=O) groups is 1. The molecule has 2 N–H and O–H groups in total. The third-order valence-corrected chi connectivity index (χ3v) is 2.49. The fourth-order valence-electron chi connectivity index (χ4n) is 1.47. The first-order valence-corrected chi connectivity index (χ1v) is 5.89. The minimum absolute atomic E-state index is 0.151. The number of urea groups is 1. The average molecular weight is 239 g/mol. The molecule has 1 heterocycles. The van der Waals surface area contributed by atoms with Crippen LogP contribution in [0.2, 0.25) is 0 Å². The van der Waals surface area contributed by atoms with E-state index in [-0.39, 0.29) is 12.1 Å². The van der Waals surface area contributed by atoms with E-state index in [2.05, 4.69) is 34.7 Å². The average Bonchev–Trinajstić information content (AvgIpc) is 2.63. The summed E-state index contributed by atoms with van der Waals surface area (Å²) in [7, 11) is 1.85. The maximum Gasteiger partial charge on any atom is 0.315 e. The molecule has 1 atom stereocenters. The summed E-state index contributed by atoms with van der Waals surface area (Å²) in [6.07, 6.45) is 2.59. The van der Waals surface area contributed by atoms with Crippen LogP contribution in [0.1, 0.15) is 39.1 Å². The molecule has 0 saturated carbocycles. The smallest absolute Gasteiger partial charge is 0.315 e. The molecular weight excluding hydrogens is 218 g/mol. The first-order valence-electron chi connectivity index (χ1n) is 5.89. The van der Waals surface area contributed by atoms with Crippen molar-refractivity contribution in [2.75, 3.05) is 6.54 Å². The van der Waals surface area contributed by atoms with Crippen molar-refractivity contribution in [1.82, 2.24) is 25.4 Å². The second kappa shape index (κ2) is 6.22. The van der Waals surface area contributed by atoms with E-state index in [1.165, 1.54) is 0 Å². The van der Waals surface area contributed by atoms with Gasteiger partial charge in [0.05, 0.1) is 6.04 Å². The zero-order valence-electron chi connectivity index (χ0n) is 10.9. The van der Waals surface area contributed by atoms with Gasteiger partial charge in [0.1, 0.15) is 6.33 Å². The molecule has 0 spiro atoms. The maximum atomic E-state index is 11.6. The van der Waals surface area contributed by atoms with E-state index in [9.17, 15) is 4.79 Å². The van der Waals surface area contributed by atoms with E-state index in [0.717, 1.165) is 12.2 Å². The molecule has 96 valence electrons. The molecule has 6 heteroatoms. The van der Waals surface area contributed by atoms with Gasteiger partial charge in [0.25, 0.3) is 0 Å². The summed E-state index contributed by atoms with van der Waals surface area (Å²) < 4.78 is 1.79. The molecule has 17 heavy (non-hydrogen) atoms. The van der Waals surface area contributed by atoms with E-state index in [1.54, 1.807) is 10.9 Å². The lowest BCUT2D eigenvalue weighted by Gasteiger charge is -2.14. The normalized spacial score (nSPS) is 12.5. The predicted molar refractivity (Wildman–Crippen MR) is 65.4 cm³/mol. The number of hydrogen-bond acceptors (Lipinski definition) is 3. The Balaban J connectivity index is 2.34. The Hall–Kier alpha value is -1.59. The molecule has 1 aromatic heterocycles. The minimum Gasteiger partial charge on any atom is -0.338 e. The number of rotatable bonds is 5. The second-order valence-electron chi connectivity index (χ2n) is 4.60. The molecule has 0 unspecified atom stereocenters. The van der Waals surface area contributed by atoms with Gasteiger partial charge in [0.15, 0.2) is 5.82 Å². The third-order valence-electron chi connectivity index (χ3n) is 2.49. The van der Waals surface area contributed by atoms with Crippen molar-refractivity contribution in [1.29, 1.82) is 0 Å². The molecule has 0 radical (unpaired) electrons. The summed E-state index contributed by atoms with van der Waals surface area (Å²) >= 11 is 0. The Kier molecular flexibility index (Phi) is 4.93. The van der Waals surface area contributed by atoms with Crippen LogP contribution in [0, 0.1) is 5.92 Å². The van der Waals surface area contributed by atoms with E-state index in [0.29, 0.717) is 12.5 Å². The van der Waals surface area contributed by atoms with Crippen molar-refractivity contribution in [3.8, 4) is 0 Å². The lowest BCUT2D eigenvalue weighted by Crippen LogP contribution is -2.38. The third kappa shape index (κ3) is 4.42. The van der Waals surface area contributed by atoms with Gasteiger partial charge in [-0.15, -0.1) is 10.2 Å². The Labute approximate surface area is 102 Å². The summed E-state index contributed by atoms with van der Waals surface area (Å²) in [5.41, 5.74) is 0. The Morgan fingerprint density at radius 2 is 2.18 bits per heavy atom. The van der Waals surface area contributed by atoms with Crippen molar-refractivity contribution in [3.05, 3.63) is 12.2 Å². The molecule has 0 aliphatic heterocycles. The lowest BCUT2D eigenvalue weighted by atomic mass is 10.1. The van der Waals surface area contributed by atoms with Crippen LogP contribution in [0.15, 0.2) is 6.33 Å². The van der Waals surface area contributed by atoms with Crippen molar-refractivity contribution in [2.24, 2.45) is 13.0 Å². The van der Waals surface area contributed by atoms with Crippen LogP contribution in [0.4, 0.5) is 4.79 Å². The van der Waals surface area contributed by atoms with Gasteiger partial charge < -0.3 is 15.2 Å².